The molecule has 0 bridgehead atoms. The van der Waals surface area contributed by atoms with E-state index in [0.29, 0.717) is 15.9 Å². The number of H-pyrrole nitrogens is 1. The normalized spacial score (nSPS) is 18.1. The number of nitrogens with zero attached hydrogens (tertiary/aromatic N) is 1. The number of pyridine rings is 1. The van der Waals surface area contributed by atoms with Gasteiger partial charge in [0.2, 0.25) is 5.43 Å². The summed E-state index contributed by atoms with van der Waals surface area (Å²) < 4.78 is 36.8. The second kappa shape index (κ2) is 6.98. The average molecular weight is 455 g/mol. The summed E-state index contributed by atoms with van der Waals surface area (Å²) in [5.74, 6) is -0.0252. The molecule has 1 aliphatic heterocycles. The first-order valence-corrected chi connectivity index (χ1v) is 11.3. The first kappa shape index (κ1) is 19.6. The molecule has 164 valence electrons. The fourth-order valence-electron chi connectivity index (χ4n) is 4.71. The highest BCUT2D eigenvalue weighted by molar-refractivity contribution is 7.12. The zero-order valence-electron chi connectivity index (χ0n) is 17.1. The standard InChI is InChI=1S/C23H19F2N3O3S/c1-10-16-8-11(2-3-12(16)9-26-10)14-6-7-15-18(20(14)31-23(24)25)28(13-4-5-13)22-17(19(15)29)21(30)27-32-22/h2-3,6-8,10,13,23,26H,4-5,9H2,1H3,(H,27,30). The van der Waals surface area contributed by atoms with Crippen molar-refractivity contribution < 1.29 is 13.5 Å². The Balaban J connectivity index is 1.72. The third-order valence-corrected chi connectivity index (χ3v) is 7.27. The lowest BCUT2D eigenvalue weighted by Gasteiger charge is -2.19. The van der Waals surface area contributed by atoms with Crippen LogP contribution in [-0.4, -0.2) is 15.6 Å². The summed E-state index contributed by atoms with van der Waals surface area (Å²) in [4.78, 5) is 26.0. The number of rotatable bonds is 4. The van der Waals surface area contributed by atoms with Gasteiger partial charge in [-0.05, 0) is 66.2 Å². The van der Waals surface area contributed by atoms with Gasteiger partial charge in [0.15, 0.2) is 5.75 Å². The molecule has 4 aromatic rings. The molecule has 3 heterocycles. The zero-order valence-corrected chi connectivity index (χ0v) is 17.9. The lowest BCUT2D eigenvalue weighted by Crippen LogP contribution is -2.16. The minimum Gasteiger partial charge on any atom is -0.432 e. The molecular weight excluding hydrogens is 436 g/mol. The minimum atomic E-state index is -3.06. The lowest BCUT2D eigenvalue weighted by atomic mass is 9.96. The van der Waals surface area contributed by atoms with Gasteiger partial charge in [0.1, 0.15) is 10.2 Å². The fraction of sp³-hybridized carbons (Fsp3) is 0.304. The summed E-state index contributed by atoms with van der Waals surface area (Å²) >= 11 is 1.06. The van der Waals surface area contributed by atoms with Gasteiger partial charge in [-0.2, -0.15) is 8.78 Å². The zero-order chi connectivity index (χ0) is 22.1. The first-order valence-electron chi connectivity index (χ1n) is 10.5. The molecule has 6 nitrogen and oxygen atoms in total. The molecule has 1 atom stereocenters. The Morgan fingerprint density at radius 1 is 1.19 bits per heavy atom. The maximum absolute atomic E-state index is 13.6. The van der Waals surface area contributed by atoms with Crippen LogP contribution in [0.3, 0.4) is 0 Å². The van der Waals surface area contributed by atoms with E-state index in [0.717, 1.165) is 42.0 Å². The van der Waals surface area contributed by atoms with Crippen LogP contribution in [0.5, 0.6) is 5.75 Å². The summed E-state index contributed by atoms with van der Waals surface area (Å²) in [6.07, 6.45) is 1.69. The Morgan fingerprint density at radius 2 is 2.00 bits per heavy atom. The van der Waals surface area contributed by atoms with Crippen LogP contribution in [0.15, 0.2) is 39.9 Å². The van der Waals surface area contributed by atoms with Gasteiger partial charge in [0, 0.05) is 24.2 Å². The van der Waals surface area contributed by atoms with Gasteiger partial charge >= 0.3 is 6.61 Å². The molecule has 9 heteroatoms. The molecular formula is C23H19F2N3O3S. The quantitative estimate of drug-likeness (QED) is 0.469. The molecule has 0 saturated heterocycles. The maximum Gasteiger partial charge on any atom is 0.387 e. The van der Waals surface area contributed by atoms with Crippen molar-refractivity contribution in [2.24, 2.45) is 0 Å². The predicted octanol–water partition coefficient (Wildman–Crippen LogP) is 4.67. The van der Waals surface area contributed by atoms with Crippen LogP contribution >= 0.6 is 11.5 Å². The molecule has 2 aromatic heterocycles. The van der Waals surface area contributed by atoms with Crippen molar-refractivity contribution >= 4 is 32.7 Å². The Kier molecular flexibility index (Phi) is 4.28. The molecule has 0 amide bonds. The van der Waals surface area contributed by atoms with Gasteiger partial charge in [0.05, 0.1) is 10.9 Å². The number of alkyl halides is 2. The van der Waals surface area contributed by atoms with E-state index in [-0.39, 0.29) is 28.6 Å². The van der Waals surface area contributed by atoms with Crippen LogP contribution in [0.4, 0.5) is 8.78 Å². The van der Waals surface area contributed by atoms with Gasteiger partial charge in [-0.3, -0.25) is 14.0 Å². The summed E-state index contributed by atoms with van der Waals surface area (Å²) in [6.45, 7) is -0.236. The van der Waals surface area contributed by atoms with Gasteiger partial charge in [-0.25, -0.2) is 0 Å². The highest BCUT2D eigenvalue weighted by Gasteiger charge is 2.31. The molecule has 2 N–H and O–H groups in total. The highest BCUT2D eigenvalue weighted by Crippen LogP contribution is 2.45. The van der Waals surface area contributed by atoms with Crippen molar-refractivity contribution in [2.75, 3.05) is 0 Å². The number of ether oxygens (including phenoxy) is 1. The third kappa shape index (κ3) is 2.84. The van der Waals surface area contributed by atoms with E-state index in [1.165, 1.54) is 5.56 Å². The van der Waals surface area contributed by atoms with E-state index >= 15 is 0 Å². The largest absolute Gasteiger partial charge is 0.432 e. The van der Waals surface area contributed by atoms with E-state index in [1.54, 1.807) is 12.1 Å². The van der Waals surface area contributed by atoms with Crippen molar-refractivity contribution in [1.82, 2.24) is 14.3 Å². The summed E-state index contributed by atoms with van der Waals surface area (Å²) in [5, 5.41) is 3.66. The number of aromatic nitrogens is 2. The molecule has 1 fully saturated rings. The van der Waals surface area contributed by atoms with Crippen molar-refractivity contribution in [3.63, 3.8) is 0 Å². The monoisotopic (exact) mass is 455 g/mol. The van der Waals surface area contributed by atoms with Gasteiger partial charge in [-0.1, -0.05) is 12.1 Å². The molecule has 32 heavy (non-hydrogen) atoms. The number of hydrogen-bond acceptors (Lipinski definition) is 5. The summed E-state index contributed by atoms with van der Waals surface area (Å²) in [5.41, 5.74) is 2.93. The van der Waals surface area contributed by atoms with Crippen LogP contribution in [0.25, 0.3) is 32.2 Å². The van der Waals surface area contributed by atoms with Gasteiger partial charge in [-0.15, -0.1) is 0 Å². The van der Waals surface area contributed by atoms with Crippen LogP contribution in [0, 0.1) is 0 Å². The van der Waals surface area contributed by atoms with E-state index in [2.05, 4.69) is 16.6 Å². The number of aromatic amines is 1. The van der Waals surface area contributed by atoms with Gasteiger partial charge < -0.3 is 14.6 Å². The molecule has 0 radical (unpaired) electrons. The minimum absolute atomic E-state index is 0.0252. The summed E-state index contributed by atoms with van der Waals surface area (Å²) in [7, 11) is 0. The first-order chi connectivity index (χ1) is 15.4. The second-order valence-electron chi connectivity index (χ2n) is 8.38. The van der Waals surface area contributed by atoms with Crippen molar-refractivity contribution in [2.45, 2.75) is 45.0 Å². The molecule has 2 aliphatic rings. The average Bonchev–Trinajstić information content (AvgIpc) is 3.44. The smallest absolute Gasteiger partial charge is 0.387 e. The predicted molar refractivity (Wildman–Crippen MR) is 120 cm³/mol. The van der Waals surface area contributed by atoms with E-state index in [1.807, 2.05) is 22.8 Å². The van der Waals surface area contributed by atoms with Gasteiger partial charge in [0.25, 0.3) is 5.56 Å². The van der Waals surface area contributed by atoms with E-state index < -0.39 is 17.6 Å². The number of halogens is 2. The van der Waals surface area contributed by atoms with Crippen molar-refractivity contribution in [3.05, 3.63) is 62.0 Å². The van der Waals surface area contributed by atoms with E-state index in [4.69, 9.17) is 4.74 Å². The molecule has 0 spiro atoms. The molecule has 1 aliphatic carbocycles. The summed E-state index contributed by atoms with van der Waals surface area (Å²) in [6, 6.07) is 9.33. The maximum atomic E-state index is 13.6. The Hall–Kier alpha value is -3.04. The van der Waals surface area contributed by atoms with Crippen molar-refractivity contribution in [1.29, 1.82) is 0 Å². The van der Waals surface area contributed by atoms with Crippen LogP contribution in [-0.2, 0) is 6.54 Å². The fourth-order valence-corrected chi connectivity index (χ4v) is 5.63. The lowest BCUT2D eigenvalue weighted by molar-refractivity contribution is -0.0486. The topological polar surface area (TPSA) is 76.1 Å². The molecule has 6 rings (SSSR count). The second-order valence-corrected chi connectivity index (χ2v) is 9.17. The Bertz CT molecular complexity index is 1520. The van der Waals surface area contributed by atoms with Crippen LogP contribution in [0.1, 0.15) is 43.0 Å². The number of fused-ring (bicyclic) bond motifs is 3. The molecule has 2 aromatic carbocycles. The number of hydrogen-bond donors (Lipinski definition) is 2. The number of nitrogens with one attached hydrogen (secondary N) is 2. The van der Waals surface area contributed by atoms with Crippen molar-refractivity contribution in [3.8, 4) is 16.9 Å². The van der Waals surface area contributed by atoms with E-state index in [9.17, 15) is 18.4 Å². The third-order valence-electron chi connectivity index (χ3n) is 6.39. The Labute approximate surface area is 184 Å². The molecule has 1 saturated carbocycles. The van der Waals surface area contributed by atoms with Crippen LogP contribution < -0.4 is 21.0 Å². The SMILES string of the molecule is CC1NCc2ccc(-c3ccc4c(=O)c5c(=O)[nH]sc5n(C5CC5)c4c3OC(F)F)cc21. The Morgan fingerprint density at radius 3 is 2.75 bits per heavy atom. The highest BCUT2D eigenvalue weighted by atomic mass is 32.1. The molecule has 1 unspecified atom stereocenters. The number of benzene rings is 2. The van der Waals surface area contributed by atoms with Crippen LogP contribution in [0.2, 0.25) is 0 Å².